The van der Waals surface area contributed by atoms with Crippen LogP contribution in [0.25, 0.3) is 71.7 Å². The minimum atomic E-state index is 0.993. The lowest BCUT2D eigenvalue weighted by atomic mass is 10.0. The van der Waals surface area contributed by atoms with Crippen LogP contribution < -0.4 is 9.80 Å². The van der Waals surface area contributed by atoms with Crippen molar-refractivity contribution in [1.29, 1.82) is 0 Å². The fraction of sp³-hybridized carbons (Fsp3) is 0.0462. The van der Waals surface area contributed by atoms with Crippen LogP contribution in [0.4, 0.5) is 34.1 Å². The van der Waals surface area contributed by atoms with E-state index in [0.29, 0.717) is 0 Å². The second-order valence-corrected chi connectivity index (χ2v) is 17.9. The fourth-order valence-corrected chi connectivity index (χ4v) is 10.2. The van der Waals surface area contributed by atoms with E-state index in [9.17, 15) is 0 Å². The van der Waals surface area contributed by atoms with E-state index in [1.54, 1.807) is 0 Å². The quantitative estimate of drug-likeness (QED) is 0.129. The molecule has 0 saturated carbocycles. The Hall–Kier alpha value is -8.86. The van der Waals surface area contributed by atoms with Crippen LogP contribution in [0.3, 0.4) is 0 Å². The van der Waals surface area contributed by atoms with Gasteiger partial charge in [0.25, 0.3) is 0 Å². The maximum atomic E-state index is 4.21. The van der Waals surface area contributed by atoms with Crippen molar-refractivity contribution in [2.75, 3.05) is 9.80 Å². The Balaban J connectivity index is 0.918. The van der Waals surface area contributed by atoms with Crippen molar-refractivity contribution in [2.24, 2.45) is 0 Å². The maximum absolute atomic E-state index is 4.21. The van der Waals surface area contributed by atoms with Crippen molar-refractivity contribution in [2.45, 2.75) is 20.3 Å². The Morgan fingerprint density at radius 1 is 0.362 bits per heavy atom. The highest BCUT2D eigenvalue weighted by molar-refractivity contribution is 6.12. The molecule has 0 aliphatic heterocycles. The zero-order chi connectivity index (χ0) is 46.4. The Morgan fingerprint density at radius 2 is 0.710 bits per heavy atom. The molecule has 0 aliphatic carbocycles. The summed E-state index contributed by atoms with van der Waals surface area (Å²) in [4.78, 5) is 4.74. The summed E-state index contributed by atoms with van der Waals surface area (Å²) in [6, 6.07) is 88.2. The van der Waals surface area contributed by atoms with E-state index in [0.717, 1.165) is 74.2 Å². The molecule has 2 heterocycles. The van der Waals surface area contributed by atoms with E-state index in [1.165, 1.54) is 49.2 Å². The number of nitrogens with zero attached hydrogens (tertiary/aromatic N) is 4. The molecule has 0 N–H and O–H groups in total. The van der Waals surface area contributed by atoms with Crippen LogP contribution in [0.5, 0.6) is 0 Å². The maximum Gasteiger partial charge on any atom is 0.0542 e. The van der Waals surface area contributed by atoms with Gasteiger partial charge in [-0.1, -0.05) is 140 Å². The Labute approximate surface area is 403 Å². The summed E-state index contributed by atoms with van der Waals surface area (Å²) < 4.78 is 4.74. The zero-order valence-corrected chi connectivity index (χ0v) is 38.8. The lowest BCUT2D eigenvalue weighted by Crippen LogP contribution is -2.10. The second-order valence-electron chi connectivity index (χ2n) is 17.9. The van der Waals surface area contributed by atoms with Crippen LogP contribution in [0.1, 0.15) is 25.0 Å². The molecule has 69 heavy (non-hydrogen) atoms. The lowest BCUT2D eigenvalue weighted by Gasteiger charge is -2.27. The molecule has 0 radical (unpaired) electrons. The average Bonchev–Trinajstić information content (AvgIpc) is 3.92. The molecule has 0 saturated heterocycles. The number of anilines is 6. The molecular formula is C65H50N4. The summed E-state index contributed by atoms with van der Waals surface area (Å²) in [5, 5.41) is 4.89. The van der Waals surface area contributed by atoms with Crippen molar-refractivity contribution in [3.05, 3.63) is 260 Å². The third-order valence-corrected chi connectivity index (χ3v) is 13.7. The van der Waals surface area contributed by atoms with Crippen LogP contribution in [0.2, 0.25) is 0 Å². The van der Waals surface area contributed by atoms with E-state index < -0.39 is 0 Å². The molecule has 0 aliphatic rings. The Kier molecular flexibility index (Phi) is 10.5. The highest BCUT2D eigenvalue weighted by Gasteiger charge is 2.20. The van der Waals surface area contributed by atoms with Gasteiger partial charge in [0, 0.05) is 67.0 Å². The number of aryl methyl sites for hydroxylation is 1. The van der Waals surface area contributed by atoms with Gasteiger partial charge in [-0.3, -0.25) is 0 Å². The Bertz CT molecular complexity index is 3810. The third kappa shape index (κ3) is 7.44. The monoisotopic (exact) mass is 886 g/mol. The summed E-state index contributed by atoms with van der Waals surface area (Å²) in [5.74, 6) is 0. The SMILES string of the molecule is C=C(C)c1ccc(N(c2ccc(-c3ccc(N(c4ccc(CC)cc4)c4ccc5c(c4)c4ccccc4n5-c4ccccc4)cc3)cc2)c2ccc3c(c2)c2ccccc2n3-c2ccccc2)cc1. The van der Waals surface area contributed by atoms with Crippen molar-refractivity contribution < 1.29 is 0 Å². The molecule has 0 bridgehead atoms. The molecule has 0 atom stereocenters. The van der Waals surface area contributed by atoms with Crippen molar-refractivity contribution in [1.82, 2.24) is 9.13 Å². The normalized spacial score (nSPS) is 11.4. The van der Waals surface area contributed by atoms with Crippen LogP contribution in [0, 0.1) is 0 Å². The van der Waals surface area contributed by atoms with Gasteiger partial charge in [-0.15, -0.1) is 0 Å². The first-order valence-electron chi connectivity index (χ1n) is 23.8. The molecule has 0 amide bonds. The van der Waals surface area contributed by atoms with E-state index in [-0.39, 0.29) is 0 Å². The predicted octanol–water partition coefficient (Wildman–Crippen LogP) is 18.1. The largest absolute Gasteiger partial charge is 0.310 e. The van der Waals surface area contributed by atoms with Crippen LogP contribution in [0.15, 0.2) is 249 Å². The number of para-hydroxylation sites is 4. The van der Waals surface area contributed by atoms with Crippen molar-refractivity contribution >= 4 is 83.3 Å². The molecule has 4 heteroatoms. The van der Waals surface area contributed by atoms with Gasteiger partial charge in [-0.2, -0.15) is 0 Å². The fourth-order valence-electron chi connectivity index (χ4n) is 10.2. The van der Waals surface area contributed by atoms with E-state index in [2.05, 4.69) is 282 Å². The highest BCUT2D eigenvalue weighted by Crippen LogP contribution is 2.43. The number of fused-ring (bicyclic) bond motifs is 6. The smallest absolute Gasteiger partial charge is 0.0542 e. The van der Waals surface area contributed by atoms with E-state index in [4.69, 9.17) is 0 Å². The van der Waals surface area contributed by atoms with Gasteiger partial charge in [0.15, 0.2) is 0 Å². The standard InChI is InChI=1S/C65H50N4/c1-4-46-23-31-52(32-24-46)66(56-39-41-64-60(43-56)58-19-11-13-21-62(58)68(64)50-15-7-5-8-16-50)54-35-27-48(28-36-54)49-29-37-55(38-30-49)67(53-33-25-47(26-34-53)45(2)3)57-40-42-65-61(44-57)59-20-12-14-22-63(59)69(65)51-17-9-6-10-18-51/h5-44H,2,4H2,1,3H3. The first-order valence-corrected chi connectivity index (χ1v) is 23.8. The van der Waals surface area contributed by atoms with Crippen LogP contribution >= 0.6 is 0 Å². The molecule has 330 valence electrons. The number of benzene rings is 10. The predicted molar refractivity (Wildman–Crippen MR) is 294 cm³/mol. The molecular weight excluding hydrogens is 837 g/mol. The number of aromatic nitrogens is 2. The van der Waals surface area contributed by atoms with Gasteiger partial charge in [0.1, 0.15) is 0 Å². The molecule has 12 aromatic rings. The van der Waals surface area contributed by atoms with Gasteiger partial charge >= 0.3 is 0 Å². The molecule has 4 nitrogen and oxygen atoms in total. The first kappa shape index (κ1) is 41.6. The average molecular weight is 887 g/mol. The highest BCUT2D eigenvalue weighted by atomic mass is 15.1. The summed E-state index contributed by atoms with van der Waals surface area (Å²) in [6.45, 7) is 8.47. The second kappa shape index (κ2) is 17.4. The summed E-state index contributed by atoms with van der Waals surface area (Å²) in [7, 11) is 0. The molecule has 0 unspecified atom stereocenters. The van der Waals surface area contributed by atoms with Gasteiger partial charge < -0.3 is 18.9 Å². The van der Waals surface area contributed by atoms with Crippen LogP contribution in [-0.4, -0.2) is 9.13 Å². The van der Waals surface area contributed by atoms with Crippen molar-refractivity contribution in [3.63, 3.8) is 0 Å². The minimum Gasteiger partial charge on any atom is -0.310 e. The molecule has 10 aromatic carbocycles. The summed E-state index contributed by atoms with van der Waals surface area (Å²) in [6.07, 6.45) is 0.993. The first-order chi connectivity index (χ1) is 34.0. The number of hydrogen-bond donors (Lipinski definition) is 0. The van der Waals surface area contributed by atoms with Gasteiger partial charge in [0.2, 0.25) is 0 Å². The molecule has 12 rings (SSSR count). The number of rotatable bonds is 11. The van der Waals surface area contributed by atoms with Gasteiger partial charge in [-0.25, -0.2) is 0 Å². The lowest BCUT2D eigenvalue weighted by molar-refractivity contribution is 1.14. The Morgan fingerprint density at radius 3 is 1.12 bits per heavy atom. The molecule has 2 aromatic heterocycles. The van der Waals surface area contributed by atoms with Gasteiger partial charge in [-0.05, 0) is 157 Å². The number of hydrogen-bond acceptors (Lipinski definition) is 2. The van der Waals surface area contributed by atoms with E-state index in [1.807, 2.05) is 0 Å². The van der Waals surface area contributed by atoms with Gasteiger partial charge in [0.05, 0.1) is 22.1 Å². The van der Waals surface area contributed by atoms with Crippen LogP contribution in [-0.2, 0) is 6.42 Å². The topological polar surface area (TPSA) is 16.3 Å². The van der Waals surface area contributed by atoms with Crippen molar-refractivity contribution in [3.8, 4) is 22.5 Å². The molecule has 0 spiro atoms. The number of allylic oxidation sites excluding steroid dienone is 1. The minimum absolute atomic E-state index is 0.993. The third-order valence-electron chi connectivity index (χ3n) is 13.7. The van der Waals surface area contributed by atoms with E-state index >= 15 is 0 Å². The summed E-state index contributed by atoms with van der Waals surface area (Å²) in [5.41, 5.74) is 19.4. The molecule has 0 fully saturated rings. The zero-order valence-electron chi connectivity index (χ0n) is 38.8. The summed E-state index contributed by atoms with van der Waals surface area (Å²) >= 11 is 0.